The number of nitrogens with zero attached hydrogens (tertiary/aromatic N) is 5. The van der Waals surface area contributed by atoms with E-state index in [1.54, 1.807) is 36.2 Å². The lowest BCUT2D eigenvalue weighted by Crippen LogP contribution is -2.31. The van der Waals surface area contributed by atoms with Crippen LogP contribution in [0.4, 0.5) is 33.7 Å². The van der Waals surface area contributed by atoms with Crippen molar-refractivity contribution >= 4 is 23.2 Å². The Bertz CT molecular complexity index is 1620. The number of aromatic nitrogens is 2. The molecule has 1 fully saturated rings. The van der Waals surface area contributed by atoms with E-state index in [4.69, 9.17) is 0 Å². The molecule has 2 aliphatic heterocycles. The van der Waals surface area contributed by atoms with Crippen molar-refractivity contribution in [3.63, 3.8) is 0 Å². The molecule has 2 aliphatic rings. The third kappa shape index (κ3) is 7.38. The Kier molecular flexibility index (Phi) is 8.94. The number of likely N-dealkylation sites (tertiary alicyclic amines) is 1. The number of likely N-dealkylation sites (N-methyl/N-ethyl adjacent to an activating group) is 2. The highest BCUT2D eigenvalue weighted by atomic mass is 19.4. The van der Waals surface area contributed by atoms with Crippen molar-refractivity contribution in [3.8, 4) is 11.8 Å². The van der Waals surface area contributed by atoms with E-state index in [0.717, 1.165) is 31.3 Å². The zero-order valence-electron chi connectivity index (χ0n) is 24.9. The Balaban J connectivity index is 1.20. The van der Waals surface area contributed by atoms with Crippen LogP contribution in [-0.4, -0.2) is 89.4 Å². The molecule has 2 aromatic carbocycles. The van der Waals surface area contributed by atoms with E-state index in [1.165, 1.54) is 6.07 Å². The third-order valence-electron chi connectivity index (χ3n) is 7.73. The largest absolute Gasteiger partial charge is 0.432 e. The summed E-state index contributed by atoms with van der Waals surface area (Å²) in [6.45, 7) is 4.57. The van der Waals surface area contributed by atoms with Crippen molar-refractivity contribution in [2.24, 2.45) is 4.99 Å². The highest BCUT2D eigenvalue weighted by Gasteiger charge is 2.34. The van der Waals surface area contributed by atoms with Gasteiger partial charge in [-0.1, -0.05) is 24.0 Å². The summed E-state index contributed by atoms with van der Waals surface area (Å²) in [5.41, 5.74) is 1.98. The molecule has 5 rings (SSSR count). The number of hydrogen-bond acceptors (Lipinski definition) is 6. The number of aromatic amines is 1. The Labute approximate surface area is 253 Å². The van der Waals surface area contributed by atoms with Gasteiger partial charge in [-0.05, 0) is 57.3 Å². The molecule has 2 amide bonds. The first-order valence-electron chi connectivity index (χ1n) is 14.1. The lowest BCUT2D eigenvalue weighted by molar-refractivity contribution is -0.140. The molecule has 1 saturated heterocycles. The van der Waals surface area contributed by atoms with E-state index in [2.05, 4.69) is 61.3 Å². The molecule has 9 nitrogen and oxygen atoms in total. The number of aryl methyl sites for hydroxylation is 1. The van der Waals surface area contributed by atoms with Gasteiger partial charge < -0.3 is 25.4 Å². The molecular weight excluding hydrogens is 576 g/mol. The van der Waals surface area contributed by atoms with Crippen LogP contribution in [0, 0.1) is 24.6 Å². The number of alkyl halides is 3. The number of carbonyl (C=O) groups is 1. The standard InChI is InChI=1S/C31H34F4N8O/c1-19-5-8-22(13-20(19)6-10-24-17-42(4)29(37-24)28-36-15-27(40-28)31(33,34)35)38-30(44)39-23-9-7-21(26(32)14-23)16-43-12-11-25(18-43)41(2)3/h5,7-9,13-15,24-25H,11-12,16-18H2,1-4H3,(H,36,40)(H2,38,39,44). The number of nitrogens with one attached hydrogen (secondary N) is 3. The Morgan fingerprint density at radius 1 is 1.14 bits per heavy atom. The van der Waals surface area contributed by atoms with Crippen LogP contribution in [0.5, 0.6) is 0 Å². The number of imidazole rings is 1. The average Bonchev–Trinajstić information content (AvgIpc) is 3.70. The minimum absolute atomic E-state index is 0.0248. The minimum Gasteiger partial charge on any atom is -0.354 e. The van der Waals surface area contributed by atoms with E-state index in [-0.39, 0.29) is 11.6 Å². The third-order valence-corrected chi connectivity index (χ3v) is 7.73. The number of H-pyrrole nitrogens is 1. The van der Waals surface area contributed by atoms with Crippen LogP contribution in [0.3, 0.4) is 0 Å². The Hall–Kier alpha value is -4.41. The predicted octanol–water partition coefficient (Wildman–Crippen LogP) is 4.77. The number of amidine groups is 1. The molecule has 0 spiro atoms. The molecule has 2 unspecified atom stereocenters. The fourth-order valence-corrected chi connectivity index (χ4v) is 5.19. The number of benzene rings is 2. The number of carbonyl (C=O) groups excluding carboxylic acids is 1. The maximum atomic E-state index is 14.9. The van der Waals surface area contributed by atoms with Gasteiger partial charge in [-0.25, -0.2) is 19.2 Å². The number of hydrogen-bond donors (Lipinski definition) is 3. The summed E-state index contributed by atoms with van der Waals surface area (Å²) in [6, 6.07) is 9.41. The summed E-state index contributed by atoms with van der Waals surface area (Å²) < 4.78 is 53.7. The van der Waals surface area contributed by atoms with Crippen LogP contribution in [-0.2, 0) is 12.7 Å². The number of amides is 2. The molecule has 3 heterocycles. The topological polar surface area (TPSA) is 91.9 Å². The fraction of sp³-hybridized carbons (Fsp3) is 0.387. The van der Waals surface area contributed by atoms with E-state index in [0.29, 0.717) is 47.5 Å². The van der Waals surface area contributed by atoms with Crippen LogP contribution in [0.25, 0.3) is 0 Å². The molecule has 0 radical (unpaired) electrons. The highest BCUT2D eigenvalue weighted by molar-refractivity contribution is 6.00. The summed E-state index contributed by atoms with van der Waals surface area (Å²) in [5.74, 6) is 6.07. The van der Waals surface area contributed by atoms with Crippen LogP contribution < -0.4 is 10.6 Å². The summed E-state index contributed by atoms with van der Waals surface area (Å²) in [7, 11) is 5.81. The molecule has 3 N–H and O–H groups in total. The number of anilines is 2. The molecule has 1 aromatic heterocycles. The second-order valence-corrected chi connectivity index (χ2v) is 11.3. The zero-order valence-corrected chi connectivity index (χ0v) is 24.9. The minimum atomic E-state index is -4.53. The van der Waals surface area contributed by atoms with Crippen LogP contribution in [0.15, 0.2) is 47.6 Å². The van der Waals surface area contributed by atoms with E-state index >= 15 is 0 Å². The van der Waals surface area contributed by atoms with Gasteiger partial charge in [0, 0.05) is 55.2 Å². The van der Waals surface area contributed by atoms with Gasteiger partial charge in [-0.2, -0.15) is 13.2 Å². The zero-order chi connectivity index (χ0) is 31.6. The molecule has 13 heteroatoms. The summed E-state index contributed by atoms with van der Waals surface area (Å²) in [6.07, 6.45) is -2.74. The van der Waals surface area contributed by atoms with Gasteiger partial charge in [0.25, 0.3) is 0 Å². The summed E-state index contributed by atoms with van der Waals surface area (Å²) in [5, 5.41) is 5.42. The quantitative estimate of drug-likeness (QED) is 0.277. The SMILES string of the molecule is Cc1ccc(NC(=O)Nc2ccc(CN3CCC(N(C)C)C3)c(F)c2)cc1C#CC1CN(C)C(c2ncc(C(F)(F)F)[nH]2)=N1. The number of aliphatic imine (C=N–C) groups is 1. The first kappa shape index (κ1) is 31.0. The van der Waals surface area contributed by atoms with Gasteiger partial charge in [0.1, 0.15) is 17.6 Å². The second kappa shape index (κ2) is 12.7. The molecule has 0 saturated carbocycles. The maximum absolute atomic E-state index is 14.9. The number of rotatable bonds is 6. The molecule has 0 aliphatic carbocycles. The molecule has 44 heavy (non-hydrogen) atoms. The van der Waals surface area contributed by atoms with E-state index < -0.39 is 23.9 Å². The van der Waals surface area contributed by atoms with Gasteiger partial charge in [-0.15, -0.1) is 0 Å². The van der Waals surface area contributed by atoms with Gasteiger partial charge in [-0.3, -0.25) is 4.90 Å². The van der Waals surface area contributed by atoms with Gasteiger partial charge in [0.15, 0.2) is 11.7 Å². The maximum Gasteiger partial charge on any atom is 0.432 e. The van der Waals surface area contributed by atoms with Gasteiger partial charge >= 0.3 is 12.2 Å². The monoisotopic (exact) mass is 610 g/mol. The smallest absolute Gasteiger partial charge is 0.354 e. The molecule has 3 aromatic rings. The average molecular weight is 611 g/mol. The Morgan fingerprint density at radius 3 is 2.52 bits per heavy atom. The second-order valence-electron chi connectivity index (χ2n) is 11.3. The van der Waals surface area contributed by atoms with Crippen molar-refractivity contribution in [3.05, 3.63) is 76.6 Å². The Morgan fingerprint density at radius 2 is 1.86 bits per heavy atom. The van der Waals surface area contributed by atoms with Crippen LogP contribution in [0.2, 0.25) is 0 Å². The fourth-order valence-electron chi connectivity index (χ4n) is 5.19. The predicted molar refractivity (Wildman–Crippen MR) is 161 cm³/mol. The van der Waals surface area contributed by atoms with Crippen LogP contribution >= 0.6 is 0 Å². The first-order valence-corrected chi connectivity index (χ1v) is 14.1. The van der Waals surface area contributed by atoms with Gasteiger partial charge in [0.05, 0.1) is 12.7 Å². The van der Waals surface area contributed by atoms with Crippen molar-refractivity contribution in [2.75, 3.05) is 51.4 Å². The lowest BCUT2D eigenvalue weighted by Gasteiger charge is -2.20. The first-order chi connectivity index (χ1) is 20.9. The van der Waals surface area contributed by atoms with Crippen molar-refractivity contribution in [1.29, 1.82) is 0 Å². The van der Waals surface area contributed by atoms with Crippen molar-refractivity contribution < 1.29 is 22.4 Å². The van der Waals surface area contributed by atoms with Gasteiger partial charge in [0.2, 0.25) is 0 Å². The van der Waals surface area contributed by atoms with Crippen LogP contribution in [0.1, 0.15) is 34.6 Å². The highest BCUT2D eigenvalue weighted by Crippen LogP contribution is 2.28. The summed E-state index contributed by atoms with van der Waals surface area (Å²) >= 11 is 0. The number of halogens is 4. The molecular formula is C31H34F4N8O. The van der Waals surface area contributed by atoms with E-state index in [1.807, 2.05) is 13.0 Å². The van der Waals surface area contributed by atoms with E-state index in [9.17, 15) is 22.4 Å². The molecule has 232 valence electrons. The van der Waals surface area contributed by atoms with Crippen molar-refractivity contribution in [1.82, 2.24) is 24.7 Å². The molecule has 2 atom stereocenters. The van der Waals surface area contributed by atoms with Crippen molar-refractivity contribution in [2.45, 2.75) is 38.1 Å². The number of urea groups is 1. The normalized spacial score (nSPS) is 18.8. The summed E-state index contributed by atoms with van der Waals surface area (Å²) in [4.78, 5) is 29.3. The molecule has 0 bridgehead atoms. The lowest BCUT2D eigenvalue weighted by atomic mass is 10.1.